The molecule has 0 N–H and O–H groups in total. The summed E-state index contributed by atoms with van der Waals surface area (Å²) in [4.78, 5) is 14.5. The lowest BCUT2D eigenvalue weighted by Crippen LogP contribution is -2.34. The molecular formula is C17H23N3O3. The Hall–Kier alpha value is -2.34. The number of carbonyl (C=O) groups is 1. The minimum Gasteiger partial charge on any atom is -0.496 e. The second kappa shape index (κ2) is 8.33. The second-order valence-electron chi connectivity index (χ2n) is 5.32. The summed E-state index contributed by atoms with van der Waals surface area (Å²) in [5, 5.41) is 4.15. The molecule has 1 aromatic heterocycles. The monoisotopic (exact) mass is 317 g/mol. The number of benzene rings is 1. The molecule has 1 amide bonds. The molecule has 2 aromatic rings. The molecule has 2 rings (SSSR count). The second-order valence-corrected chi connectivity index (χ2v) is 5.32. The molecule has 0 aliphatic rings. The summed E-state index contributed by atoms with van der Waals surface area (Å²) < 4.78 is 12.2. The van der Waals surface area contributed by atoms with E-state index in [4.69, 9.17) is 9.47 Å². The van der Waals surface area contributed by atoms with Gasteiger partial charge in [-0.15, -0.1) is 0 Å². The number of aryl methyl sites for hydroxylation is 1. The highest BCUT2D eigenvalue weighted by Crippen LogP contribution is 2.19. The van der Waals surface area contributed by atoms with Crippen LogP contribution in [-0.4, -0.2) is 48.0 Å². The van der Waals surface area contributed by atoms with Crippen LogP contribution in [0.4, 0.5) is 0 Å². The van der Waals surface area contributed by atoms with Crippen LogP contribution < -0.4 is 4.74 Å². The van der Waals surface area contributed by atoms with Gasteiger partial charge in [-0.2, -0.15) is 5.10 Å². The fourth-order valence-corrected chi connectivity index (χ4v) is 2.39. The normalized spacial score (nSPS) is 10.6. The molecule has 0 radical (unpaired) electrons. The van der Waals surface area contributed by atoms with E-state index in [0.29, 0.717) is 26.1 Å². The topological polar surface area (TPSA) is 56.6 Å². The summed E-state index contributed by atoms with van der Waals surface area (Å²) >= 11 is 0. The molecule has 0 saturated carbocycles. The first-order valence-corrected chi connectivity index (χ1v) is 7.50. The number of methoxy groups -OCH3 is 2. The molecule has 124 valence electrons. The molecule has 0 saturated heterocycles. The standard InChI is InChI=1S/C17H23N3O3/c1-19-12-14(11-18-19)13-20(8-9-22-2)17(21)10-15-6-4-5-7-16(15)23-3/h4-7,11-12H,8-10,13H2,1-3H3. The first kappa shape index (κ1) is 17.0. The van der Waals surface area contributed by atoms with E-state index in [-0.39, 0.29) is 5.91 Å². The predicted octanol–water partition coefficient (Wildman–Crippen LogP) is 1.65. The largest absolute Gasteiger partial charge is 0.496 e. The van der Waals surface area contributed by atoms with Crippen molar-refractivity contribution in [2.24, 2.45) is 7.05 Å². The Kier molecular flexibility index (Phi) is 6.17. The highest BCUT2D eigenvalue weighted by atomic mass is 16.5. The molecule has 1 aromatic carbocycles. The van der Waals surface area contributed by atoms with Crippen molar-refractivity contribution in [1.82, 2.24) is 14.7 Å². The van der Waals surface area contributed by atoms with E-state index in [0.717, 1.165) is 16.9 Å². The molecule has 0 spiro atoms. The summed E-state index contributed by atoms with van der Waals surface area (Å²) in [5.74, 6) is 0.768. The maximum absolute atomic E-state index is 12.7. The number of nitrogens with zero attached hydrogens (tertiary/aromatic N) is 3. The number of para-hydroxylation sites is 1. The molecule has 0 aliphatic heterocycles. The Labute approximate surface area is 136 Å². The summed E-state index contributed by atoms with van der Waals surface area (Å²) in [7, 11) is 5.11. The molecule has 0 atom stereocenters. The van der Waals surface area contributed by atoms with Gasteiger partial charge in [0.25, 0.3) is 0 Å². The van der Waals surface area contributed by atoms with Gasteiger partial charge < -0.3 is 14.4 Å². The lowest BCUT2D eigenvalue weighted by Gasteiger charge is -2.22. The number of carbonyl (C=O) groups excluding carboxylic acids is 1. The van der Waals surface area contributed by atoms with Crippen molar-refractivity contribution in [2.45, 2.75) is 13.0 Å². The van der Waals surface area contributed by atoms with Crippen LogP contribution in [0.25, 0.3) is 0 Å². The van der Waals surface area contributed by atoms with Crippen LogP contribution in [0, 0.1) is 0 Å². The summed E-state index contributed by atoms with van der Waals surface area (Å²) in [5.41, 5.74) is 1.88. The lowest BCUT2D eigenvalue weighted by molar-refractivity contribution is -0.131. The van der Waals surface area contributed by atoms with Gasteiger partial charge in [0, 0.05) is 44.6 Å². The number of rotatable bonds is 8. The highest BCUT2D eigenvalue weighted by Gasteiger charge is 2.17. The summed E-state index contributed by atoms with van der Waals surface area (Å²) in [6, 6.07) is 7.58. The third-order valence-corrected chi connectivity index (χ3v) is 3.58. The smallest absolute Gasteiger partial charge is 0.227 e. The zero-order chi connectivity index (χ0) is 16.7. The summed E-state index contributed by atoms with van der Waals surface area (Å²) in [6.07, 6.45) is 3.99. The van der Waals surface area contributed by atoms with Crippen LogP contribution >= 0.6 is 0 Å². The van der Waals surface area contributed by atoms with Crippen molar-refractivity contribution in [3.63, 3.8) is 0 Å². The van der Waals surface area contributed by atoms with Gasteiger partial charge in [-0.05, 0) is 6.07 Å². The number of ether oxygens (including phenoxy) is 2. The fourth-order valence-electron chi connectivity index (χ4n) is 2.39. The van der Waals surface area contributed by atoms with Crippen molar-refractivity contribution < 1.29 is 14.3 Å². The minimum absolute atomic E-state index is 0.0374. The quantitative estimate of drug-likeness (QED) is 0.743. The maximum atomic E-state index is 12.7. The Morgan fingerprint density at radius 3 is 2.74 bits per heavy atom. The van der Waals surface area contributed by atoms with Crippen LogP contribution in [-0.2, 0) is 29.5 Å². The van der Waals surface area contributed by atoms with Gasteiger partial charge in [0.15, 0.2) is 0 Å². The van der Waals surface area contributed by atoms with E-state index in [2.05, 4.69) is 5.10 Å². The Morgan fingerprint density at radius 2 is 2.09 bits per heavy atom. The van der Waals surface area contributed by atoms with Crippen molar-refractivity contribution in [2.75, 3.05) is 27.4 Å². The number of aromatic nitrogens is 2. The Morgan fingerprint density at radius 1 is 1.30 bits per heavy atom. The zero-order valence-corrected chi connectivity index (χ0v) is 13.9. The van der Waals surface area contributed by atoms with Crippen LogP contribution in [0.15, 0.2) is 36.7 Å². The average Bonchev–Trinajstić information content (AvgIpc) is 2.97. The number of hydrogen-bond acceptors (Lipinski definition) is 4. The van der Waals surface area contributed by atoms with Crippen LogP contribution in [0.3, 0.4) is 0 Å². The van der Waals surface area contributed by atoms with E-state index in [1.807, 2.05) is 37.5 Å². The third-order valence-electron chi connectivity index (χ3n) is 3.58. The van der Waals surface area contributed by atoms with E-state index in [9.17, 15) is 4.79 Å². The summed E-state index contributed by atoms with van der Waals surface area (Å²) in [6.45, 7) is 1.56. The van der Waals surface area contributed by atoms with E-state index < -0.39 is 0 Å². The van der Waals surface area contributed by atoms with Gasteiger partial charge in [-0.1, -0.05) is 18.2 Å². The van der Waals surface area contributed by atoms with Crippen LogP contribution in [0.2, 0.25) is 0 Å². The molecule has 6 nitrogen and oxygen atoms in total. The van der Waals surface area contributed by atoms with Gasteiger partial charge in [-0.25, -0.2) is 0 Å². The molecule has 0 bridgehead atoms. The highest BCUT2D eigenvalue weighted by molar-refractivity contribution is 5.79. The zero-order valence-electron chi connectivity index (χ0n) is 13.9. The number of hydrogen-bond donors (Lipinski definition) is 0. The van der Waals surface area contributed by atoms with Crippen molar-refractivity contribution >= 4 is 5.91 Å². The molecule has 6 heteroatoms. The Balaban J connectivity index is 2.09. The van der Waals surface area contributed by atoms with Crippen LogP contribution in [0.1, 0.15) is 11.1 Å². The van der Waals surface area contributed by atoms with E-state index in [1.165, 1.54) is 0 Å². The molecule has 0 aliphatic carbocycles. The van der Waals surface area contributed by atoms with E-state index in [1.54, 1.807) is 30.0 Å². The first-order chi connectivity index (χ1) is 11.1. The van der Waals surface area contributed by atoms with Crippen molar-refractivity contribution in [3.8, 4) is 5.75 Å². The molecular weight excluding hydrogens is 294 g/mol. The predicted molar refractivity (Wildman–Crippen MR) is 87.2 cm³/mol. The number of amides is 1. The van der Waals surface area contributed by atoms with Gasteiger partial charge >= 0.3 is 0 Å². The van der Waals surface area contributed by atoms with Gasteiger partial charge in [0.1, 0.15) is 5.75 Å². The lowest BCUT2D eigenvalue weighted by atomic mass is 10.1. The molecule has 0 fully saturated rings. The van der Waals surface area contributed by atoms with Crippen molar-refractivity contribution in [1.29, 1.82) is 0 Å². The third kappa shape index (κ3) is 4.82. The van der Waals surface area contributed by atoms with Gasteiger partial charge in [0.05, 0.1) is 26.3 Å². The molecule has 1 heterocycles. The van der Waals surface area contributed by atoms with Crippen LogP contribution in [0.5, 0.6) is 5.75 Å². The fraction of sp³-hybridized carbons (Fsp3) is 0.412. The minimum atomic E-state index is 0.0374. The maximum Gasteiger partial charge on any atom is 0.227 e. The van der Waals surface area contributed by atoms with Crippen molar-refractivity contribution in [3.05, 3.63) is 47.8 Å². The molecule has 0 unspecified atom stereocenters. The Bertz CT molecular complexity index is 640. The molecule has 23 heavy (non-hydrogen) atoms. The van der Waals surface area contributed by atoms with Gasteiger partial charge in [-0.3, -0.25) is 9.48 Å². The SMILES string of the molecule is COCCN(Cc1cnn(C)c1)C(=O)Cc1ccccc1OC. The van der Waals surface area contributed by atoms with Gasteiger partial charge in [0.2, 0.25) is 5.91 Å². The average molecular weight is 317 g/mol. The first-order valence-electron chi connectivity index (χ1n) is 7.50. The van der Waals surface area contributed by atoms with E-state index >= 15 is 0 Å².